The van der Waals surface area contributed by atoms with Crippen LogP contribution in [0.4, 0.5) is 0 Å². The molecule has 1 heterocycles. The Morgan fingerprint density at radius 2 is 1.78 bits per heavy atom. The van der Waals surface area contributed by atoms with E-state index in [4.69, 9.17) is 5.73 Å². The van der Waals surface area contributed by atoms with E-state index in [9.17, 15) is 4.79 Å². The summed E-state index contributed by atoms with van der Waals surface area (Å²) in [6.07, 6.45) is 3.91. The second kappa shape index (κ2) is 4.73. The zero-order valence-corrected chi connectivity index (χ0v) is 10.6. The number of benzene rings is 1. The third kappa shape index (κ3) is 2.03. The molecule has 1 saturated carbocycles. The van der Waals surface area contributed by atoms with Crippen LogP contribution in [0, 0.1) is 11.8 Å². The molecule has 1 saturated heterocycles. The highest BCUT2D eigenvalue weighted by Gasteiger charge is 2.39. The fourth-order valence-electron chi connectivity index (χ4n) is 3.41. The number of likely N-dealkylation sites (tertiary alicyclic amines) is 1. The first-order valence-electron chi connectivity index (χ1n) is 6.85. The van der Waals surface area contributed by atoms with Gasteiger partial charge in [0.2, 0.25) is 5.91 Å². The summed E-state index contributed by atoms with van der Waals surface area (Å²) < 4.78 is 0. The second-order valence-corrected chi connectivity index (χ2v) is 5.58. The Labute approximate surface area is 108 Å². The molecule has 0 radical (unpaired) electrons. The minimum atomic E-state index is -0.495. The molecule has 2 aliphatic rings. The lowest BCUT2D eigenvalue weighted by molar-refractivity contribution is -0.132. The summed E-state index contributed by atoms with van der Waals surface area (Å²) in [5, 5.41) is 0. The van der Waals surface area contributed by atoms with Crippen LogP contribution in [0.3, 0.4) is 0 Å². The minimum Gasteiger partial charge on any atom is -0.340 e. The topological polar surface area (TPSA) is 46.3 Å². The Bertz CT molecular complexity index is 419. The molecule has 0 spiro atoms. The van der Waals surface area contributed by atoms with Gasteiger partial charge in [-0.3, -0.25) is 4.79 Å². The molecular formula is C15H20N2O. The Morgan fingerprint density at radius 3 is 2.39 bits per heavy atom. The number of fused-ring (bicyclic) bond motifs is 1. The van der Waals surface area contributed by atoms with Crippen molar-refractivity contribution in [2.75, 3.05) is 13.1 Å². The zero-order chi connectivity index (χ0) is 12.5. The molecule has 3 atom stereocenters. The minimum absolute atomic E-state index is 0.0931. The van der Waals surface area contributed by atoms with Crippen LogP contribution in [-0.4, -0.2) is 23.9 Å². The average Bonchev–Trinajstić information content (AvgIpc) is 2.99. The molecule has 18 heavy (non-hydrogen) atoms. The number of hydrogen-bond donors (Lipinski definition) is 1. The summed E-state index contributed by atoms with van der Waals surface area (Å²) in [6, 6.07) is 9.17. The van der Waals surface area contributed by atoms with Crippen LogP contribution >= 0.6 is 0 Å². The highest BCUT2D eigenvalue weighted by atomic mass is 16.2. The predicted molar refractivity (Wildman–Crippen MR) is 70.8 cm³/mol. The van der Waals surface area contributed by atoms with Gasteiger partial charge in [-0.15, -0.1) is 0 Å². The van der Waals surface area contributed by atoms with Crippen molar-refractivity contribution in [3.8, 4) is 0 Å². The highest BCUT2D eigenvalue weighted by molar-refractivity contribution is 5.83. The molecule has 2 fully saturated rings. The van der Waals surface area contributed by atoms with Gasteiger partial charge in [-0.1, -0.05) is 36.8 Å². The maximum absolute atomic E-state index is 12.4. The standard InChI is InChI=1S/C15H20N2O/c16-14(11-5-2-1-3-6-11)15(18)17-9-12-7-4-8-13(12)10-17/h1-3,5-6,12-14H,4,7-10,16H2/t12?,13?,14-/m1/s1. The lowest BCUT2D eigenvalue weighted by Gasteiger charge is -2.21. The Kier molecular flexibility index (Phi) is 3.08. The van der Waals surface area contributed by atoms with Crippen molar-refractivity contribution in [2.45, 2.75) is 25.3 Å². The first-order chi connectivity index (χ1) is 8.75. The van der Waals surface area contributed by atoms with Crippen molar-refractivity contribution < 1.29 is 4.79 Å². The molecular weight excluding hydrogens is 224 g/mol. The average molecular weight is 244 g/mol. The van der Waals surface area contributed by atoms with E-state index in [1.165, 1.54) is 19.3 Å². The van der Waals surface area contributed by atoms with Gasteiger partial charge in [0.15, 0.2) is 0 Å². The number of nitrogens with zero attached hydrogens (tertiary/aromatic N) is 1. The second-order valence-electron chi connectivity index (χ2n) is 5.58. The van der Waals surface area contributed by atoms with Crippen LogP contribution in [0.1, 0.15) is 30.9 Å². The molecule has 96 valence electrons. The summed E-state index contributed by atoms with van der Waals surface area (Å²) in [5.74, 6) is 1.56. The molecule has 1 aliphatic carbocycles. The van der Waals surface area contributed by atoms with Gasteiger partial charge in [-0.05, 0) is 30.2 Å². The van der Waals surface area contributed by atoms with E-state index >= 15 is 0 Å². The van der Waals surface area contributed by atoms with Crippen molar-refractivity contribution in [3.63, 3.8) is 0 Å². The van der Waals surface area contributed by atoms with Gasteiger partial charge >= 0.3 is 0 Å². The molecule has 3 heteroatoms. The zero-order valence-electron chi connectivity index (χ0n) is 10.6. The summed E-state index contributed by atoms with van der Waals surface area (Å²) in [4.78, 5) is 14.4. The van der Waals surface area contributed by atoms with E-state index in [2.05, 4.69) is 0 Å². The largest absolute Gasteiger partial charge is 0.340 e. The van der Waals surface area contributed by atoms with Gasteiger partial charge in [-0.2, -0.15) is 0 Å². The van der Waals surface area contributed by atoms with E-state index < -0.39 is 6.04 Å². The summed E-state index contributed by atoms with van der Waals surface area (Å²) in [6.45, 7) is 1.84. The fraction of sp³-hybridized carbons (Fsp3) is 0.533. The third-order valence-electron chi connectivity index (χ3n) is 4.46. The van der Waals surface area contributed by atoms with Gasteiger partial charge in [0.05, 0.1) is 0 Å². The number of rotatable bonds is 2. The van der Waals surface area contributed by atoms with Crippen LogP contribution in [0.15, 0.2) is 30.3 Å². The molecule has 1 aromatic rings. The lowest BCUT2D eigenvalue weighted by atomic mass is 10.0. The molecule has 1 amide bonds. The molecule has 3 rings (SSSR count). The number of nitrogens with two attached hydrogens (primary N) is 1. The molecule has 0 bridgehead atoms. The van der Waals surface area contributed by atoms with Crippen molar-refractivity contribution >= 4 is 5.91 Å². The van der Waals surface area contributed by atoms with Gasteiger partial charge < -0.3 is 10.6 Å². The smallest absolute Gasteiger partial charge is 0.244 e. The van der Waals surface area contributed by atoms with Crippen molar-refractivity contribution in [2.24, 2.45) is 17.6 Å². The fourth-order valence-corrected chi connectivity index (χ4v) is 3.41. The quantitative estimate of drug-likeness (QED) is 0.864. The number of amides is 1. The molecule has 1 aliphatic heterocycles. The van der Waals surface area contributed by atoms with Crippen LogP contribution in [0.5, 0.6) is 0 Å². The summed E-state index contributed by atoms with van der Waals surface area (Å²) in [7, 11) is 0. The van der Waals surface area contributed by atoms with Crippen molar-refractivity contribution in [1.82, 2.24) is 4.90 Å². The van der Waals surface area contributed by atoms with Crippen LogP contribution < -0.4 is 5.73 Å². The lowest BCUT2D eigenvalue weighted by Crippen LogP contribution is -2.37. The normalized spacial score (nSPS) is 28.2. The van der Waals surface area contributed by atoms with Crippen LogP contribution in [0.25, 0.3) is 0 Å². The Morgan fingerprint density at radius 1 is 1.17 bits per heavy atom. The van der Waals surface area contributed by atoms with Gasteiger partial charge in [-0.25, -0.2) is 0 Å². The van der Waals surface area contributed by atoms with E-state index in [0.717, 1.165) is 30.5 Å². The molecule has 2 unspecified atom stereocenters. The first-order valence-corrected chi connectivity index (χ1v) is 6.85. The number of carbonyl (C=O) groups excluding carboxylic acids is 1. The maximum Gasteiger partial charge on any atom is 0.244 e. The SMILES string of the molecule is N[C@@H](C(=O)N1CC2CCCC2C1)c1ccccc1. The van der Waals surface area contributed by atoms with E-state index in [0.29, 0.717) is 0 Å². The van der Waals surface area contributed by atoms with Crippen molar-refractivity contribution in [1.29, 1.82) is 0 Å². The summed E-state index contributed by atoms with van der Waals surface area (Å²) >= 11 is 0. The van der Waals surface area contributed by atoms with E-state index in [1.54, 1.807) is 0 Å². The Balaban J connectivity index is 1.68. The van der Waals surface area contributed by atoms with E-state index in [1.807, 2.05) is 35.2 Å². The van der Waals surface area contributed by atoms with Gasteiger partial charge in [0, 0.05) is 13.1 Å². The van der Waals surface area contributed by atoms with Crippen LogP contribution in [-0.2, 0) is 4.79 Å². The van der Waals surface area contributed by atoms with Gasteiger partial charge in [0.1, 0.15) is 6.04 Å². The Hall–Kier alpha value is -1.35. The van der Waals surface area contributed by atoms with Crippen molar-refractivity contribution in [3.05, 3.63) is 35.9 Å². The summed E-state index contributed by atoms with van der Waals surface area (Å²) in [5.41, 5.74) is 6.99. The van der Waals surface area contributed by atoms with E-state index in [-0.39, 0.29) is 5.91 Å². The third-order valence-corrected chi connectivity index (χ3v) is 4.46. The molecule has 0 aromatic heterocycles. The molecule has 1 aromatic carbocycles. The number of carbonyl (C=O) groups is 1. The van der Waals surface area contributed by atoms with Crippen LogP contribution in [0.2, 0.25) is 0 Å². The molecule has 2 N–H and O–H groups in total. The van der Waals surface area contributed by atoms with Gasteiger partial charge in [0.25, 0.3) is 0 Å². The molecule has 3 nitrogen and oxygen atoms in total. The maximum atomic E-state index is 12.4. The monoisotopic (exact) mass is 244 g/mol. The predicted octanol–water partition coefficient (Wildman–Crippen LogP) is 1.94. The highest BCUT2D eigenvalue weighted by Crippen LogP contribution is 2.38. The first kappa shape index (κ1) is 11.7. The number of hydrogen-bond acceptors (Lipinski definition) is 2.